The van der Waals surface area contributed by atoms with Gasteiger partial charge in [-0.05, 0) is 6.42 Å². The van der Waals surface area contributed by atoms with Crippen molar-refractivity contribution in [1.29, 1.82) is 0 Å². The SMILES string of the molecule is CCC(O)CN1C(=O)COCC1=O. The van der Waals surface area contributed by atoms with Gasteiger partial charge in [0.15, 0.2) is 0 Å². The molecule has 1 unspecified atom stereocenters. The summed E-state index contributed by atoms with van der Waals surface area (Å²) in [4.78, 5) is 23.3. The van der Waals surface area contributed by atoms with E-state index in [4.69, 9.17) is 4.74 Å². The number of imide groups is 1. The number of nitrogens with zero attached hydrogens (tertiary/aromatic N) is 1. The van der Waals surface area contributed by atoms with Crippen LogP contribution in [0, 0.1) is 0 Å². The van der Waals surface area contributed by atoms with Crippen molar-refractivity contribution in [2.24, 2.45) is 0 Å². The molecule has 1 atom stereocenters. The van der Waals surface area contributed by atoms with Crippen LogP contribution in [-0.4, -0.2) is 47.7 Å². The lowest BCUT2D eigenvalue weighted by molar-refractivity contribution is -0.160. The Morgan fingerprint density at radius 1 is 1.46 bits per heavy atom. The number of hydrogen-bond donors (Lipinski definition) is 1. The van der Waals surface area contributed by atoms with Gasteiger partial charge in [0.05, 0.1) is 12.6 Å². The summed E-state index contributed by atoms with van der Waals surface area (Å²) in [6.07, 6.45) is -0.108. The first-order chi connectivity index (χ1) is 6.15. The molecule has 1 aliphatic rings. The summed E-state index contributed by atoms with van der Waals surface area (Å²) >= 11 is 0. The molecule has 1 saturated heterocycles. The van der Waals surface area contributed by atoms with Crippen LogP contribution in [0.2, 0.25) is 0 Å². The number of ether oxygens (including phenoxy) is 1. The minimum atomic E-state index is -0.633. The smallest absolute Gasteiger partial charge is 0.255 e. The standard InChI is InChI=1S/C8H13NO4/c1-2-6(10)3-9-7(11)4-13-5-8(9)12/h6,10H,2-5H2,1H3. The molecule has 5 nitrogen and oxygen atoms in total. The van der Waals surface area contributed by atoms with E-state index in [0.717, 1.165) is 4.90 Å². The molecule has 2 amide bonds. The van der Waals surface area contributed by atoms with Crippen molar-refractivity contribution in [2.45, 2.75) is 19.4 Å². The Bertz CT molecular complexity index is 200. The largest absolute Gasteiger partial charge is 0.391 e. The molecule has 0 aliphatic carbocycles. The summed E-state index contributed by atoms with van der Waals surface area (Å²) in [5, 5.41) is 9.26. The molecule has 74 valence electrons. The van der Waals surface area contributed by atoms with Crippen molar-refractivity contribution in [3.63, 3.8) is 0 Å². The average Bonchev–Trinajstić information content (AvgIpc) is 2.11. The van der Waals surface area contributed by atoms with Crippen molar-refractivity contribution in [1.82, 2.24) is 4.90 Å². The maximum Gasteiger partial charge on any atom is 0.255 e. The van der Waals surface area contributed by atoms with E-state index in [1.807, 2.05) is 0 Å². The Kier molecular flexibility index (Phi) is 3.39. The van der Waals surface area contributed by atoms with E-state index in [1.54, 1.807) is 6.92 Å². The molecule has 0 aromatic carbocycles. The summed E-state index contributed by atoms with van der Waals surface area (Å²) in [6.45, 7) is 1.74. The van der Waals surface area contributed by atoms with Crippen LogP contribution in [0.25, 0.3) is 0 Å². The highest BCUT2D eigenvalue weighted by atomic mass is 16.5. The molecule has 0 radical (unpaired) electrons. The van der Waals surface area contributed by atoms with Gasteiger partial charge in [-0.25, -0.2) is 0 Å². The third-order valence-corrected chi connectivity index (χ3v) is 1.92. The van der Waals surface area contributed by atoms with Crippen LogP contribution in [0.4, 0.5) is 0 Å². The molecule has 1 rings (SSSR count). The number of β-amino-alcohol motifs (C(OH)–C–C–N with tert-alkyl or cyclic N) is 1. The highest BCUT2D eigenvalue weighted by Crippen LogP contribution is 2.03. The molecule has 1 N–H and O–H groups in total. The van der Waals surface area contributed by atoms with Crippen LogP contribution in [0.5, 0.6) is 0 Å². The topological polar surface area (TPSA) is 66.8 Å². The maximum absolute atomic E-state index is 11.1. The highest BCUT2D eigenvalue weighted by Gasteiger charge is 2.27. The molecule has 0 saturated carbocycles. The number of amides is 2. The van der Waals surface area contributed by atoms with Crippen molar-refractivity contribution in [2.75, 3.05) is 19.8 Å². The molecule has 0 spiro atoms. The number of aliphatic hydroxyl groups excluding tert-OH is 1. The number of morpholine rings is 1. The van der Waals surface area contributed by atoms with Gasteiger partial charge in [-0.15, -0.1) is 0 Å². The van der Waals surface area contributed by atoms with E-state index in [-0.39, 0.29) is 31.6 Å². The monoisotopic (exact) mass is 187 g/mol. The average molecular weight is 187 g/mol. The van der Waals surface area contributed by atoms with E-state index < -0.39 is 6.10 Å². The van der Waals surface area contributed by atoms with E-state index in [2.05, 4.69) is 0 Å². The third-order valence-electron chi connectivity index (χ3n) is 1.92. The summed E-state index contributed by atoms with van der Waals surface area (Å²) in [7, 11) is 0. The van der Waals surface area contributed by atoms with E-state index in [0.29, 0.717) is 6.42 Å². The Morgan fingerprint density at radius 2 is 2.00 bits per heavy atom. The van der Waals surface area contributed by atoms with Crippen molar-refractivity contribution in [3.8, 4) is 0 Å². The summed E-state index contributed by atoms with van der Waals surface area (Å²) < 4.78 is 4.72. The number of carbonyl (C=O) groups excluding carboxylic acids is 2. The van der Waals surface area contributed by atoms with Gasteiger partial charge in [-0.3, -0.25) is 14.5 Å². The minimum absolute atomic E-state index is 0.0673. The predicted molar refractivity (Wildman–Crippen MR) is 43.8 cm³/mol. The quantitative estimate of drug-likeness (QED) is 0.584. The van der Waals surface area contributed by atoms with Gasteiger partial charge >= 0.3 is 0 Å². The van der Waals surface area contributed by atoms with Crippen molar-refractivity contribution in [3.05, 3.63) is 0 Å². The summed E-state index contributed by atoms with van der Waals surface area (Å²) in [6, 6.07) is 0. The summed E-state index contributed by atoms with van der Waals surface area (Å²) in [5.74, 6) is -0.743. The minimum Gasteiger partial charge on any atom is -0.391 e. The van der Waals surface area contributed by atoms with Crippen LogP contribution in [0.15, 0.2) is 0 Å². The molecule has 1 aliphatic heterocycles. The third kappa shape index (κ3) is 2.50. The first kappa shape index (κ1) is 10.1. The first-order valence-corrected chi connectivity index (χ1v) is 4.24. The number of rotatable bonds is 3. The molecule has 5 heteroatoms. The lowest BCUT2D eigenvalue weighted by Crippen LogP contribution is -2.49. The van der Waals surface area contributed by atoms with Gasteiger partial charge in [0.2, 0.25) is 0 Å². The fourth-order valence-corrected chi connectivity index (χ4v) is 1.06. The van der Waals surface area contributed by atoms with Gasteiger partial charge in [0.1, 0.15) is 13.2 Å². The van der Waals surface area contributed by atoms with Crippen LogP contribution in [0.3, 0.4) is 0 Å². The van der Waals surface area contributed by atoms with Crippen LogP contribution < -0.4 is 0 Å². The van der Waals surface area contributed by atoms with E-state index >= 15 is 0 Å². The number of aliphatic hydroxyl groups is 1. The molecular formula is C8H13NO4. The second kappa shape index (κ2) is 4.34. The molecule has 13 heavy (non-hydrogen) atoms. The predicted octanol–water partition coefficient (Wildman–Crippen LogP) is -0.857. The number of hydrogen-bond acceptors (Lipinski definition) is 4. The fourth-order valence-electron chi connectivity index (χ4n) is 1.06. The number of carbonyl (C=O) groups is 2. The Labute approximate surface area is 76.3 Å². The fraction of sp³-hybridized carbons (Fsp3) is 0.750. The molecular weight excluding hydrogens is 174 g/mol. The lowest BCUT2D eigenvalue weighted by Gasteiger charge is -2.26. The normalized spacial score (nSPS) is 20.6. The lowest BCUT2D eigenvalue weighted by atomic mass is 10.2. The Hall–Kier alpha value is -0.940. The zero-order valence-corrected chi connectivity index (χ0v) is 7.52. The zero-order valence-electron chi connectivity index (χ0n) is 7.52. The second-order valence-electron chi connectivity index (χ2n) is 2.95. The molecule has 0 aromatic rings. The summed E-state index contributed by atoms with van der Waals surface area (Å²) in [5.41, 5.74) is 0. The maximum atomic E-state index is 11.1. The van der Waals surface area contributed by atoms with Crippen LogP contribution in [0.1, 0.15) is 13.3 Å². The van der Waals surface area contributed by atoms with Crippen molar-refractivity contribution >= 4 is 11.8 Å². The molecule has 1 fully saturated rings. The molecule has 1 heterocycles. The Balaban J connectivity index is 2.54. The van der Waals surface area contributed by atoms with E-state index in [9.17, 15) is 14.7 Å². The van der Waals surface area contributed by atoms with Gasteiger partial charge in [-0.1, -0.05) is 6.92 Å². The Morgan fingerprint density at radius 3 is 2.46 bits per heavy atom. The van der Waals surface area contributed by atoms with Gasteiger partial charge in [-0.2, -0.15) is 0 Å². The molecule has 0 aromatic heterocycles. The van der Waals surface area contributed by atoms with Crippen LogP contribution in [-0.2, 0) is 14.3 Å². The van der Waals surface area contributed by atoms with Gasteiger partial charge in [0.25, 0.3) is 11.8 Å². The first-order valence-electron chi connectivity index (χ1n) is 4.24. The van der Waals surface area contributed by atoms with Crippen LogP contribution >= 0.6 is 0 Å². The second-order valence-corrected chi connectivity index (χ2v) is 2.95. The molecule has 0 bridgehead atoms. The van der Waals surface area contributed by atoms with Gasteiger partial charge < -0.3 is 9.84 Å². The van der Waals surface area contributed by atoms with Crippen molar-refractivity contribution < 1.29 is 19.4 Å². The zero-order chi connectivity index (χ0) is 9.84. The van der Waals surface area contributed by atoms with Gasteiger partial charge in [0, 0.05) is 0 Å². The van der Waals surface area contributed by atoms with E-state index in [1.165, 1.54) is 0 Å². The highest BCUT2D eigenvalue weighted by molar-refractivity contribution is 5.98.